The molecule has 87 heavy (non-hydrogen) atoms. The first-order valence-corrected chi connectivity index (χ1v) is 30.0. The van der Waals surface area contributed by atoms with E-state index in [-0.39, 0.29) is 0 Å². The Hall–Kier alpha value is -11.3. The highest BCUT2D eigenvalue weighted by atomic mass is 15.0. The predicted molar refractivity (Wildman–Crippen MR) is 369 cm³/mol. The van der Waals surface area contributed by atoms with Crippen molar-refractivity contribution in [3.05, 3.63) is 303 Å². The first kappa shape index (κ1) is 50.2. The molecule has 0 saturated heterocycles. The first-order chi connectivity index (χ1) is 43.0. The van der Waals surface area contributed by atoms with Crippen LogP contribution in [0.15, 0.2) is 297 Å². The molecule has 0 radical (unpaired) electrons. The zero-order valence-electron chi connectivity index (χ0n) is 48.5. The standard InChI is InChI=1S/C31H22N2.2C25H18N2/c1-21-10-9-13-23(20-21)33-29-17-8-6-15-25(29)27-19-18-26-24-14-5-7-16-28(24)32(30(26)31(27)33)22-11-3-2-4-12-22;1-26-22-13-7-5-11-18(22)20-16-25-21(15-24(20)26)19-12-6-8-14-23(19)27(25)17-9-3-2-4-10-17;1-26-21-13-7-5-11-18(21)19-15-16-23-24(25(19)26)20-12-6-8-14-22(20)27(23)17-9-3-2-4-10-17/h2-20H,1H3;2*2-16H,1H3. The first-order valence-electron chi connectivity index (χ1n) is 30.0. The van der Waals surface area contributed by atoms with Gasteiger partial charge in [0.15, 0.2) is 0 Å². The van der Waals surface area contributed by atoms with Crippen LogP contribution in [0.25, 0.3) is 154 Å². The van der Waals surface area contributed by atoms with Crippen molar-refractivity contribution >= 4 is 131 Å². The summed E-state index contributed by atoms with van der Waals surface area (Å²) in [5, 5.41) is 15.6. The van der Waals surface area contributed by atoms with Gasteiger partial charge in [0.1, 0.15) is 0 Å². The molecule has 6 heterocycles. The third-order valence-corrected chi connectivity index (χ3v) is 18.2. The van der Waals surface area contributed by atoms with E-state index < -0.39 is 0 Å². The van der Waals surface area contributed by atoms with Gasteiger partial charge in [-0.05, 0) is 116 Å². The van der Waals surface area contributed by atoms with E-state index >= 15 is 0 Å². The third kappa shape index (κ3) is 7.67. The number of nitrogens with zero attached hydrogens (tertiary/aromatic N) is 6. The monoisotopic (exact) mass is 1110 g/mol. The molecule has 0 fully saturated rings. The molecule has 0 spiro atoms. The molecule has 6 nitrogen and oxygen atoms in total. The predicted octanol–water partition coefficient (Wildman–Crippen LogP) is 21.0. The van der Waals surface area contributed by atoms with Crippen LogP contribution in [0.3, 0.4) is 0 Å². The zero-order valence-corrected chi connectivity index (χ0v) is 48.5. The van der Waals surface area contributed by atoms with Crippen molar-refractivity contribution in [2.45, 2.75) is 6.92 Å². The molecule has 0 unspecified atom stereocenters. The van der Waals surface area contributed by atoms with Crippen LogP contribution < -0.4 is 0 Å². The number of aryl methyl sites for hydroxylation is 3. The van der Waals surface area contributed by atoms with Gasteiger partial charge in [0.2, 0.25) is 0 Å². The van der Waals surface area contributed by atoms with Gasteiger partial charge < -0.3 is 27.4 Å². The second-order valence-electron chi connectivity index (χ2n) is 23.0. The van der Waals surface area contributed by atoms with Crippen LogP contribution in [0.5, 0.6) is 0 Å². The van der Waals surface area contributed by atoms with Crippen LogP contribution in [0, 0.1) is 6.92 Å². The molecule has 13 aromatic carbocycles. The summed E-state index contributed by atoms with van der Waals surface area (Å²) in [7, 11) is 4.34. The molecule has 6 aromatic heterocycles. The van der Waals surface area contributed by atoms with Gasteiger partial charge in [0.25, 0.3) is 0 Å². The van der Waals surface area contributed by atoms with E-state index in [1.807, 2.05) is 0 Å². The van der Waals surface area contributed by atoms with Crippen molar-refractivity contribution in [2.75, 3.05) is 0 Å². The van der Waals surface area contributed by atoms with Crippen LogP contribution in [0.4, 0.5) is 0 Å². The molecule has 0 aliphatic heterocycles. The summed E-state index contributed by atoms with van der Waals surface area (Å²) < 4.78 is 14.3. The zero-order chi connectivity index (χ0) is 57.9. The fourth-order valence-corrected chi connectivity index (χ4v) is 14.4. The highest BCUT2D eigenvalue weighted by molar-refractivity contribution is 6.26. The van der Waals surface area contributed by atoms with E-state index in [0.717, 1.165) is 0 Å². The number of hydrogen-bond acceptors (Lipinski definition) is 0. The summed E-state index contributed by atoms with van der Waals surface area (Å²) in [4.78, 5) is 0. The largest absolute Gasteiger partial charge is 0.344 e. The van der Waals surface area contributed by atoms with Gasteiger partial charge >= 0.3 is 0 Å². The van der Waals surface area contributed by atoms with E-state index in [4.69, 9.17) is 0 Å². The maximum Gasteiger partial charge on any atom is 0.0788 e. The SMILES string of the molecule is Cc1cccc(-n2c3ccccc3c3ccc4c5ccccc5n(-c5ccccc5)c4c32)c1.Cn1c2ccccc2c2cc3c(cc21)c1ccccc1n3-c1ccccc1.Cn1c2ccccc2c2ccc3c(c4ccccc4n3-c3ccccc3)c21. The summed E-state index contributed by atoms with van der Waals surface area (Å²) >= 11 is 0. The second-order valence-corrected chi connectivity index (χ2v) is 23.0. The quantitative estimate of drug-likeness (QED) is 0.168. The Morgan fingerprint density at radius 2 is 0.540 bits per heavy atom. The fraction of sp³-hybridized carbons (Fsp3) is 0.0370. The lowest BCUT2D eigenvalue weighted by Gasteiger charge is -2.12. The number of para-hydroxylation sites is 9. The molecule has 6 heteroatoms. The maximum atomic E-state index is 2.44. The summed E-state index contributed by atoms with van der Waals surface area (Å²) in [5.41, 5.74) is 21.1. The number of benzene rings is 13. The van der Waals surface area contributed by atoms with Crippen molar-refractivity contribution in [1.82, 2.24) is 27.4 Å². The number of fused-ring (bicyclic) bond motifs is 20. The van der Waals surface area contributed by atoms with Gasteiger partial charge in [-0.3, -0.25) is 0 Å². The van der Waals surface area contributed by atoms with Crippen molar-refractivity contribution in [3.63, 3.8) is 0 Å². The Kier molecular flexibility index (Phi) is 11.5. The van der Waals surface area contributed by atoms with Gasteiger partial charge in [-0.2, -0.15) is 0 Å². The Balaban J connectivity index is 0.000000102. The molecular formula is C81H58N6. The molecule has 0 aliphatic rings. The van der Waals surface area contributed by atoms with Gasteiger partial charge in [-0.15, -0.1) is 0 Å². The smallest absolute Gasteiger partial charge is 0.0788 e. The molecule has 19 rings (SSSR count). The van der Waals surface area contributed by atoms with Crippen LogP contribution in [-0.2, 0) is 14.1 Å². The third-order valence-electron chi connectivity index (χ3n) is 18.2. The molecule has 412 valence electrons. The van der Waals surface area contributed by atoms with E-state index in [1.54, 1.807) is 0 Å². The minimum atomic E-state index is 1.18. The van der Waals surface area contributed by atoms with Crippen LogP contribution in [0.2, 0.25) is 0 Å². The Morgan fingerprint density at radius 1 is 0.195 bits per heavy atom. The van der Waals surface area contributed by atoms with Gasteiger partial charge in [0, 0.05) is 118 Å². The maximum absolute atomic E-state index is 2.44. The second kappa shape index (κ2) is 19.9. The van der Waals surface area contributed by atoms with E-state index in [9.17, 15) is 0 Å². The van der Waals surface area contributed by atoms with Crippen molar-refractivity contribution in [3.8, 4) is 22.7 Å². The molecule has 19 aromatic rings. The molecule has 0 aliphatic carbocycles. The summed E-state index contributed by atoms with van der Waals surface area (Å²) in [6.07, 6.45) is 0. The fourth-order valence-electron chi connectivity index (χ4n) is 14.4. The lowest BCUT2D eigenvalue weighted by Crippen LogP contribution is -1.98. The average Bonchev–Trinajstić information content (AvgIpc) is 1.60. The minimum absolute atomic E-state index is 1.18. The summed E-state index contributed by atoms with van der Waals surface area (Å²) in [6.45, 7) is 2.16. The molecule has 0 bridgehead atoms. The van der Waals surface area contributed by atoms with Gasteiger partial charge in [-0.25, -0.2) is 0 Å². The van der Waals surface area contributed by atoms with E-state index in [0.29, 0.717) is 0 Å². The van der Waals surface area contributed by atoms with Gasteiger partial charge in [0.05, 0.1) is 49.7 Å². The number of rotatable bonds is 4. The molecule has 0 saturated carbocycles. The summed E-state index contributed by atoms with van der Waals surface area (Å²) in [6, 6.07) is 107. The van der Waals surface area contributed by atoms with E-state index in [2.05, 4.69) is 346 Å². The Morgan fingerprint density at radius 3 is 1.08 bits per heavy atom. The Bertz CT molecular complexity index is 5910. The molecular weight excluding hydrogens is 1060 g/mol. The molecule has 0 N–H and O–H groups in total. The number of aromatic nitrogens is 6. The molecule has 0 atom stereocenters. The van der Waals surface area contributed by atoms with Gasteiger partial charge in [-0.1, -0.05) is 194 Å². The topological polar surface area (TPSA) is 29.6 Å². The molecule has 0 amide bonds. The Labute approximate surface area is 502 Å². The lowest BCUT2D eigenvalue weighted by atomic mass is 10.1. The van der Waals surface area contributed by atoms with Crippen LogP contribution in [-0.4, -0.2) is 27.4 Å². The minimum Gasteiger partial charge on any atom is -0.344 e. The van der Waals surface area contributed by atoms with Crippen LogP contribution >= 0.6 is 0 Å². The average molecular weight is 1120 g/mol. The lowest BCUT2D eigenvalue weighted by molar-refractivity contribution is 1.02. The highest BCUT2D eigenvalue weighted by Crippen LogP contribution is 2.44. The normalized spacial score (nSPS) is 11.9. The van der Waals surface area contributed by atoms with Crippen molar-refractivity contribution in [2.24, 2.45) is 14.1 Å². The summed E-state index contributed by atoms with van der Waals surface area (Å²) in [5.74, 6) is 0. The van der Waals surface area contributed by atoms with Crippen molar-refractivity contribution < 1.29 is 0 Å². The van der Waals surface area contributed by atoms with Crippen LogP contribution in [0.1, 0.15) is 5.56 Å². The number of hydrogen-bond donors (Lipinski definition) is 0. The van der Waals surface area contributed by atoms with Crippen molar-refractivity contribution in [1.29, 1.82) is 0 Å². The highest BCUT2D eigenvalue weighted by Gasteiger charge is 2.23. The van der Waals surface area contributed by atoms with E-state index in [1.165, 1.54) is 159 Å².